The first-order valence-corrected chi connectivity index (χ1v) is 12.1. The highest BCUT2D eigenvalue weighted by Crippen LogP contribution is 2.30. The Bertz CT molecular complexity index is 1380. The van der Waals surface area contributed by atoms with Gasteiger partial charge in [-0.25, -0.2) is 33.7 Å². The maximum atomic E-state index is 14.9. The summed E-state index contributed by atoms with van der Waals surface area (Å²) in [5, 5.41) is 2.97. The third-order valence-corrected chi connectivity index (χ3v) is 6.48. The molecule has 1 aliphatic heterocycles. The van der Waals surface area contributed by atoms with Gasteiger partial charge in [0.25, 0.3) is 0 Å². The average molecular weight is 494 g/mol. The zero-order valence-electron chi connectivity index (χ0n) is 20.8. The van der Waals surface area contributed by atoms with E-state index >= 15 is 0 Å². The lowest BCUT2D eigenvalue weighted by Gasteiger charge is -2.34. The maximum Gasteiger partial charge on any atom is 0.229 e. The van der Waals surface area contributed by atoms with E-state index in [2.05, 4.69) is 47.0 Å². The van der Waals surface area contributed by atoms with E-state index < -0.39 is 11.6 Å². The topological polar surface area (TPSA) is 87.9 Å². The van der Waals surface area contributed by atoms with Gasteiger partial charge in [0.1, 0.15) is 22.9 Å². The number of fused-ring (bicyclic) bond motifs is 1. The number of hydrogen-bond donors (Lipinski definition) is 1. The predicted octanol–water partition coefficient (Wildman–Crippen LogP) is 4.34. The number of aromatic nitrogens is 6. The molecule has 11 heteroatoms. The maximum absolute atomic E-state index is 14.9. The minimum absolute atomic E-state index is 0.0131. The molecule has 0 spiro atoms. The first-order valence-electron chi connectivity index (χ1n) is 12.1. The van der Waals surface area contributed by atoms with E-state index in [1.807, 2.05) is 25.3 Å². The van der Waals surface area contributed by atoms with Crippen molar-refractivity contribution < 1.29 is 8.78 Å². The zero-order valence-corrected chi connectivity index (χ0v) is 20.8. The van der Waals surface area contributed by atoms with Gasteiger partial charge in [0.05, 0.1) is 24.1 Å². The van der Waals surface area contributed by atoms with Gasteiger partial charge in [-0.3, -0.25) is 0 Å². The highest BCUT2D eigenvalue weighted by Gasteiger charge is 2.19. The first-order chi connectivity index (χ1) is 17.3. The van der Waals surface area contributed by atoms with Gasteiger partial charge in [0.2, 0.25) is 5.95 Å². The molecule has 0 atom stereocenters. The molecule has 36 heavy (non-hydrogen) atoms. The van der Waals surface area contributed by atoms with Crippen LogP contribution < -0.4 is 10.2 Å². The first kappa shape index (κ1) is 24.0. The minimum Gasteiger partial charge on any atom is -0.353 e. The number of nitrogens with zero attached hydrogens (tertiary/aromatic N) is 8. The van der Waals surface area contributed by atoms with Crippen LogP contribution in [-0.4, -0.2) is 67.1 Å². The molecule has 1 N–H and O–H groups in total. The number of nitrogens with one attached hydrogen (secondary N) is 1. The van der Waals surface area contributed by atoms with E-state index in [4.69, 9.17) is 0 Å². The third kappa shape index (κ3) is 4.58. The molecule has 0 amide bonds. The van der Waals surface area contributed by atoms with Crippen LogP contribution in [0.1, 0.15) is 32.6 Å². The Balaban J connectivity index is 1.40. The summed E-state index contributed by atoms with van der Waals surface area (Å²) in [7, 11) is 0. The van der Waals surface area contributed by atoms with Crippen LogP contribution in [0.15, 0.2) is 30.7 Å². The number of hydrogen-bond acceptors (Lipinski definition) is 8. The summed E-state index contributed by atoms with van der Waals surface area (Å²) in [4.78, 5) is 26.2. The van der Waals surface area contributed by atoms with E-state index in [1.54, 1.807) is 18.5 Å². The quantitative estimate of drug-likeness (QED) is 0.425. The minimum atomic E-state index is -0.653. The standard InChI is InChI=1S/C25H29F2N9/c1-5-34-6-8-35(9-7-34)22-14-28-21(13-29-22)32-25-30-12-19(27)23(33-25)17-10-18(26)24-20(11-17)36(15(2)3)16(4)31-24/h10-15H,5-9H2,1-4H3,(H,28,30,32,33). The molecule has 0 aliphatic carbocycles. The van der Waals surface area contributed by atoms with Crippen LogP contribution in [-0.2, 0) is 0 Å². The van der Waals surface area contributed by atoms with Gasteiger partial charge in [0.15, 0.2) is 17.5 Å². The number of benzene rings is 1. The fraction of sp³-hybridized carbons (Fsp3) is 0.400. The lowest BCUT2D eigenvalue weighted by Crippen LogP contribution is -2.46. The van der Waals surface area contributed by atoms with Gasteiger partial charge in [-0.15, -0.1) is 0 Å². The van der Waals surface area contributed by atoms with E-state index in [1.165, 1.54) is 6.07 Å². The molecule has 1 fully saturated rings. The number of halogens is 2. The van der Waals surface area contributed by atoms with Crippen LogP contribution in [0.3, 0.4) is 0 Å². The summed E-state index contributed by atoms with van der Waals surface area (Å²) in [5.74, 6) is 0.879. The van der Waals surface area contributed by atoms with Gasteiger partial charge in [-0.1, -0.05) is 6.92 Å². The van der Waals surface area contributed by atoms with E-state index in [0.29, 0.717) is 22.7 Å². The molecule has 4 aromatic rings. The Morgan fingerprint density at radius 1 is 0.944 bits per heavy atom. The fourth-order valence-electron chi connectivity index (χ4n) is 4.64. The second-order valence-corrected chi connectivity index (χ2v) is 9.14. The summed E-state index contributed by atoms with van der Waals surface area (Å²) < 4.78 is 31.6. The van der Waals surface area contributed by atoms with Gasteiger partial charge in [-0.2, -0.15) is 0 Å². The lowest BCUT2D eigenvalue weighted by atomic mass is 10.1. The largest absolute Gasteiger partial charge is 0.353 e. The van der Waals surface area contributed by atoms with Crippen molar-refractivity contribution in [3.05, 3.63) is 48.2 Å². The highest BCUT2D eigenvalue weighted by molar-refractivity contribution is 5.83. The Hall–Kier alpha value is -3.73. The number of aryl methyl sites for hydroxylation is 1. The molecular formula is C25H29F2N9. The van der Waals surface area contributed by atoms with Crippen molar-refractivity contribution in [1.29, 1.82) is 0 Å². The van der Waals surface area contributed by atoms with Crippen molar-refractivity contribution in [2.45, 2.75) is 33.7 Å². The van der Waals surface area contributed by atoms with Gasteiger partial charge in [-0.05, 0) is 39.4 Å². The summed E-state index contributed by atoms with van der Waals surface area (Å²) in [6.45, 7) is 12.8. The molecule has 0 radical (unpaired) electrons. The van der Waals surface area contributed by atoms with Crippen molar-refractivity contribution in [3.63, 3.8) is 0 Å². The van der Waals surface area contributed by atoms with Crippen LogP contribution in [0, 0.1) is 18.6 Å². The number of rotatable bonds is 6. The molecule has 0 bridgehead atoms. The van der Waals surface area contributed by atoms with Crippen molar-refractivity contribution in [2.75, 3.05) is 42.9 Å². The summed E-state index contributed by atoms with van der Waals surface area (Å²) >= 11 is 0. The number of anilines is 3. The second kappa shape index (κ2) is 9.73. The van der Waals surface area contributed by atoms with E-state index in [0.717, 1.165) is 44.7 Å². The molecule has 5 rings (SSSR count). The fourth-order valence-corrected chi connectivity index (χ4v) is 4.64. The van der Waals surface area contributed by atoms with Crippen LogP contribution in [0.4, 0.5) is 26.4 Å². The molecule has 9 nitrogen and oxygen atoms in total. The summed E-state index contributed by atoms with van der Waals surface area (Å²) in [5.41, 5.74) is 1.13. The monoisotopic (exact) mass is 493 g/mol. The summed E-state index contributed by atoms with van der Waals surface area (Å²) in [6.07, 6.45) is 4.36. The Kier molecular flexibility index (Phi) is 6.48. The second-order valence-electron chi connectivity index (χ2n) is 9.14. The zero-order chi connectivity index (χ0) is 25.4. The SMILES string of the molecule is CCN1CCN(c2cnc(Nc3ncc(F)c(-c4cc(F)c5nc(C)n(C(C)C)c5c4)n3)cn2)CC1. The van der Waals surface area contributed by atoms with Crippen molar-refractivity contribution in [2.24, 2.45) is 0 Å². The van der Waals surface area contributed by atoms with E-state index in [9.17, 15) is 8.78 Å². The molecule has 0 saturated carbocycles. The highest BCUT2D eigenvalue weighted by atomic mass is 19.1. The Morgan fingerprint density at radius 3 is 2.39 bits per heavy atom. The molecule has 3 aromatic heterocycles. The summed E-state index contributed by atoms with van der Waals surface area (Å²) in [6, 6.07) is 3.02. The number of imidazole rings is 1. The van der Waals surface area contributed by atoms with Gasteiger partial charge in [0, 0.05) is 37.8 Å². The number of piperazine rings is 1. The van der Waals surface area contributed by atoms with Crippen molar-refractivity contribution in [3.8, 4) is 11.3 Å². The number of likely N-dealkylation sites (N-methyl/N-ethyl adjacent to an activating group) is 1. The molecule has 4 heterocycles. The Labute approximate surface area is 208 Å². The Morgan fingerprint density at radius 2 is 1.72 bits per heavy atom. The third-order valence-electron chi connectivity index (χ3n) is 6.48. The molecule has 1 saturated heterocycles. The van der Waals surface area contributed by atoms with Crippen molar-refractivity contribution >= 4 is 28.6 Å². The molecule has 188 valence electrons. The normalized spacial score (nSPS) is 14.7. The molecule has 0 unspecified atom stereocenters. The smallest absolute Gasteiger partial charge is 0.229 e. The van der Waals surface area contributed by atoms with Gasteiger partial charge < -0.3 is 19.7 Å². The average Bonchev–Trinajstić information content (AvgIpc) is 3.22. The molecule has 1 aromatic carbocycles. The molecular weight excluding hydrogens is 464 g/mol. The van der Waals surface area contributed by atoms with Crippen LogP contribution in [0.5, 0.6) is 0 Å². The van der Waals surface area contributed by atoms with Crippen LogP contribution >= 0.6 is 0 Å². The molecule has 1 aliphatic rings. The predicted molar refractivity (Wildman–Crippen MR) is 135 cm³/mol. The van der Waals surface area contributed by atoms with Crippen LogP contribution in [0.25, 0.3) is 22.3 Å². The van der Waals surface area contributed by atoms with E-state index in [-0.39, 0.29) is 23.2 Å². The van der Waals surface area contributed by atoms with Crippen LogP contribution in [0.2, 0.25) is 0 Å². The lowest BCUT2D eigenvalue weighted by molar-refractivity contribution is 0.270. The van der Waals surface area contributed by atoms with Crippen molar-refractivity contribution in [1.82, 2.24) is 34.4 Å². The van der Waals surface area contributed by atoms with Gasteiger partial charge >= 0.3 is 0 Å².